The summed E-state index contributed by atoms with van der Waals surface area (Å²) < 4.78 is 26.4. The summed E-state index contributed by atoms with van der Waals surface area (Å²) in [6.45, 7) is 1.87. The van der Waals surface area contributed by atoms with Crippen LogP contribution in [0.25, 0.3) is 0 Å². The van der Waals surface area contributed by atoms with Crippen molar-refractivity contribution < 1.29 is 18.4 Å². The van der Waals surface area contributed by atoms with Gasteiger partial charge in [-0.25, -0.2) is 8.78 Å². The summed E-state index contributed by atoms with van der Waals surface area (Å²) in [6.07, 6.45) is 0.590. The van der Waals surface area contributed by atoms with Crippen molar-refractivity contribution >= 4 is 23.4 Å². The lowest BCUT2D eigenvalue weighted by atomic mass is 9.97. The largest absolute Gasteiger partial charge is 0.348 e. The monoisotopic (exact) mass is 361 g/mol. The highest BCUT2D eigenvalue weighted by Gasteiger charge is 2.31. The Hall–Kier alpha value is -1.73. The second-order valence-electron chi connectivity index (χ2n) is 5.62. The van der Waals surface area contributed by atoms with E-state index in [2.05, 4.69) is 10.6 Å². The van der Waals surface area contributed by atoms with Crippen LogP contribution in [0.15, 0.2) is 24.3 Å². The van der Waals surface area contributed by atoms with E-state index in [-0.39, 0.29) is 5.92 Å². The molecule has 0 spiro atoms. The van der Waals surface area contributed by atoms with Crippen LogP contribution in [0.1, 0.15) is 30.6 Å². The zero-order chi connectivity index (χ0) is 18.3. The van der Waals surface area contributed by atoms with Crippen LogP contribution in [-0.4, -0.2) is 36.9 Å². The summed E-state index contributed by atoms with van der Waals surface area (Å²) >= 11 is 5.77. The molecule has 0 heterocycles. The van der Waals surface area contributed by atoms with Gasteiger partial charge < -0.3 is 16.4 Å². The van der Waals surface area contributed by atoms with Gasteiger partial charge in [0.05, 0.1) is 13.1 Å². The summed E-state index contributed by atoms with van der Waals surface area (Å²) in [5.74, 6) is -4.55. The lowest BCUT2D eigenvalue weighted by Gasteiger charge is -2.24. The van der Waals surface area contributed by atoms with E-state index >= 15 is 0 Å². The van der Waals surface area contributed by atoms with Gasteiger partial charge in [0.1, 0.15) is 6.04 Å². The molecule has 0 saturated carbocycles. The standard InChI is InChI=1S/C16H22ClF2N3O2/c1-3-10(2)13(15(24)21-9-16(18,19)8-20)22-14(23)11-4-6-12(17)7-5-11/h4-7,10,13H,3,8-9,20H2,1-2H3,(H,21,24)(H,22,23). The normalized spacial score (nSPS) is 13.9. The number of rotatable bonds is 8. The first-order chi connectivity index (χ1) is 11.2. The Morgan fingerprint density at radius 2 is 1.88 bits per heavy atom. The first-order valence-corrected chi connectivity index (χ1v) is 8.00. The molecule has 0 fully saturated rings. The quantitative estimate of drug-likeness (QED) is 0.663. The van der Waals surface area contributed by atoms with Gasteiger partial charge in [-0.3, -0.25) is 9.59 Å². The lowest BCUT2D eigenvalue weighted by molar-refractivity contribution is -0.125. The van der Waals surface area contributed by atoms with Crippen molar-refractivity contribution in [2.24, 2.45) is 11.7 Å². The van der Waals surface area contributed by atoms with Gasteiger partial charge in [-0.1, -0.05) is 31.9 Å². The molecular formula is C16H22ClF2N3O2. The summed E-state index contributed by atoms with van der Waals surface area (Å²) in [4.78, 5) is 24.5. The highest BCUT2D eigenvalue weighted by Crippen LogP contribution is 2.13. The molecule has 1 rings (SSSR count). The Kier molecular flexibility index (Phi) is 7.57. The molecular weight excluding hydrogens is 340 g/mol. The molecule has 0 bridgehead atoms. The first-order valence-electron chi connectivity index (χ1n) is 7.62. The van der Waals surface area contributed by atoms with Gasteiger partial charge in [0, 0.05) is 10.6 Å². The molecule has 134 valence electrons. The van der Waals surface area contributed by atoms with E-state index in [1.54, 1.807) is 19.1 Å². The zero-order valence-corrected chi connectivity index (χ0v) is 14.4. The van der Waals surface area contributed by atoms with Crippen LogP contribution < -0.4 is 16.4 Å². The Morgan fingerprint density at radius 1 is 1.29 bits per heavy atom. The fraction of sp³-hybridized carbons (Fsp3) is 0.500. The van der Waals surface area contributed by atoms with Gasteiger partial charge in [0.25, 0.3) is 11.8 Å². The maximum atomic E-state index is 13.2. The topological polar surface area (TPSA) is 84.2 Å². The smallest absolute Gasteiger partial charge is 0.277 e. The molecule has 1 aromatic rings. The van der Waals surface area contributed by atoms with Crippen LogP contribution in [0.5, 0.6) is 0 Å². The van der Waals surface area contributed by atoms with Crippen molar-refractivity contribution in [2.45, 2.75) is 32.2 Å². The molecule has 0 radical (unpaired) electrons. The highest BCUT2D eigenvalue weighted by molar-refractivity contribution is 6.30. The van der Waals surface area contributed by atoms with Crippen molar-refractivity contribution in [3.63, 3.8) is 0 Å². The molecule has 2 amide bonds. The van der Waals surface area contributed by atoms with Crippen LogP contribution in [-0.2, 0) is 4.79 Å². The Labute approximate surface area is 144 Å². The predicted octanol–water partition coefficient (Wildman–Crippen LogP) is 2.19. The van der Waals surface area contributed by atoms with Crippen molar-refractivity contribution in [1.82, 2.24) is 10.6 Å². The number of hydrogen-bond acceptors (Lipinski definition) is 3. The minimum Gasteiger partial charge on any atom is -0.348 e. The third kappa shape index (κ3) is 6.05. The second kappa shape index (κ2) is 8.94. The van der Waals surface area contributed by atoms with Crippen LogP contribution in [0.2, 0.25) is 5.02 Å². The van der Waals surface area contributed by atoms with Gasteiger partial charge >= 0.3 is 0 Å². The molecule has 0 saturated heterocycles. The van der Waals surface area contributed by atoms with E-state index in [0.29, 0.717) is 17.0 Å². The van der Waals surface area contributed by atoms with Crippen molar-refractivity contribution in [2.75, 3.05) is 13.1 Å². The van der Waals surface area contributed by atoms with E-state index in [0.717, 1.165) is 0 Å². The van der Waals surface area contributed by atoms with E-state index in [4.69, 9.17) is 17.3 Å². The van der Waals surface area contributed by atoms with E-state index < -0.39 is 36.9 Å². The van der Waals surface area contributed by atoms with E-state index in [9.17, 15) is 18.4 Å². The summed E-state index contributed by atoms with van der Waals surface area (Å²) in [5.41, 5.74) is 5.27. The number of alkyl halides is 2. The number of amides is 2. The molecule has 0 aliphatic rings. The molecule has 2 unspecified atom stereocenters. The van der Waals surface area contributed by atoms with E-state index in [1.165, 1.54) is 12.1 Å². The molecule has 5 nitrogen and oxygen atoms in total. The molecule has 1 aromatic carbocycles. The van der Waals surface area contributed by atoms with Crippen LogP contribution in [0.3, 0.4) is 0 Å². The fourth-order valence-electron chi connectivity index (χ4n) is 1.93. The van der Waals surface area contributed by atoms with Gasteiger partial charge in [-0.2, -0.15) is 0 Å². The fourth-order valence-corrected chi connectivity index (χ4v) is 2.05. The summed E-state index contributed by atoms with van der Waals surface area (Å²) in [5, 5.41) is 5.22. The molecule has 24 heavy (non-hydrogen) atoms. The third-order valence-corrected chi connectivity index (χ3v) is 3.96. The maximum Gasteiger partial charge on any atom is 0.277 e. The highest BCUT2D eigenvalue weighted by atomic mass is 35.5. The Bertz CT molecular complexity index is 567. The molecule has 2 atom stereocenters. The minimum atomic E-state index is -3.18. The number of carbonyl (C=O) groups is 2. The Morgan fingerprint density at radius 3 is 2.38 bits per heavy atom. The molecule has 0 aromatic heterocycles. The summed E-state index contributed by atoms with van der Waals surface area (Å²) in [7, 11) is 0. The van der Waals surface area contributed by atoms with Gasteiger partial charge in [-0.15, -0.1) is 0 Å². The summed E-state index contributed by atoms with van der Waals surface area (Å²) in [6, 6.07) is 5.22. The second-order valence-corrected chi connectivity index (χ2v) is 6.06. The van der Waals surface area contributed by atoms with Crippen molar-refractivity contribution in [1.29, 1.82) is 0 Å². The molecule has 0 aliphatic heterocycles. The molecule has 8 heteroatoms. The predicted molar refractivity (Wildman–Crippen MR) is 89.2 cm³/mol. The minimum absolute atomic E-state index is 0.229. The van der Waals surface area contributed by atoms with Gasteiger partial charge in [0.2, 0.25) is 5.91 Å². The maximum absolute atomic E-state index is 13.2. The van der Waals surface area contributed by atoms with Crippen LogP contribution in [0.4, 0.5) is 8.78 Å². The van der Waals surface area contributed by atoms with Crippen molar-refractivity contribution in [3.8, 4) is 0 Å². The number of halogens is 3. The van der Waals surface area contributed by atoms with Crippen LogP contribution in [0, 0.1) is 5.92 Å². The van der Waals surface area contributed by atoms with Gasteiger partial charge in [-0.05, 0) is 30.2 Å². The Balaban J connectivity index is 2.79. The number of benzene rings is 1. The number of carbonyl (C=O) groups excluding carboxylic acids is 2. The average molecular weight is 362 g/mol. The third-order valence-electron chi connectivity index (χ3n) is 3.71. The zero-order valence-electron chi connectivity index (χ0n) is 13.6. The first kappa shape index (κ1) is 20.3. The number of nitrogens with one attached hydrogen (secondary N) is 2. The van der Waals surface area contributed by atoms with Crippen LogP contribution >= 0.6 is 11.6 Å². The van der Waals surface area contributed by atoms with Gasteiger partial charge in [0.15, 0.2) is 0 Å². The molecule has 4 N–H and O–H groups in total. The average Bonchev–Trinajstić information content (AvgIpc) is 2.57. The van der Waals surface area contributed by atoms with Crippen molar-refractivity contribution in [3.05, 3.63) is 34.9 Å². The number of hydrogen-bond donors (Lipinski definition) is 3. The lowest BCUT2D eigenvalue weighted by Crippen LogP contribution is -2.53. The SMILES string of the molecule is CCC(C)C(NC(=O)c1ccc(Cl)cc1)C(=O)NCC(F)(F)CN. The van der Waals surface area contributed by atoms with E-state index in [1.807, 2.05) is 6.92 Å². The number of nitrogens with two attached hydrogens (primary N) is 1. The molecule has 0 aliphatic carbocycles.